The zero-order valence-electron chi connectivity index (χ0n) is 3.14. The molecule has 6 heavy (non-hydrogen) atoms. The van der Waals surface area contributed by atoms with Gasteiger partial charge >= 0.3 is 0 Å². The monoisotopic (exact) mass is 123 g/mol. The van der Waals surface area contributed by atoms with Gasteiger partial charge in [-0.1, -0.05) is 0 Å². The molecule has 0 spiro atoms. The molecule has 4 heteroatoms. The average molecular weight is 123 g/mol. The zero-order valence-corrected chi connectivity index (χ0v) is 4.77. The molecule has 0 radical (unpaired) electrons. The molecule has 0 aromatic carbocycles. The standard InChI is InChI=1S/C2H5NOS2/c4-6-2-1-3-5-6/h3H,1-2H2. The molecule has 0 amide bonds. The number of rotatable bonds is 0. The highest BCUT2D eigenvalue weighted by atomic mass is 33.1. The van der Waals surface area contributed by atoms with Crippen LogP contribution in [-0.2, 0) is 9.83 Å². The predicted molar refractivity (Wildman–Crippen MR) is 28.6 cm³/mol. The lowest BCUT2D eigenvalue weighted by atomic mass is 10.8. The summed E-state index contributed by atoms with van der Waals surface area (Å²) in [5.41, 5.74) is 0. The fourth-order valence-electron chi connectivity index (χ4n) is 0.274. The van der Waals surface area contributed by atoms with E-state index in [2.05, 4.69) is 4.72 Å². The molecule has 1 heterocycles. The van der Waals surface area contributed by atoms with Crippen molar-refractivity contribution in [1.82, 2.24) is 4.72 Å². The van der Waals surface area contributed by atoms with Crippen LogP contribution < -0.4 is 4.72 Å². The lowest BCUT2D eigenvalue weighted by Crippen LogP contribution is -1.96. The summed E-state index contributed by atoms with van der Waals surface area (Å²) in [6.45, 7) is 0.900. The van der Waals surface area contributed by atoms with E-state index >= 15 is 0 Å². The SMILES string of the molecule is O=S1CCNS1. The molecule has 0 saturated carbocycles. The first-order valence-electron chi connectivity index (χ1n) is 1.68. The summed E-state index contributed by atoms with van der Waals surface area (Å²) in [6, 6.07) is 0. The maximum Gasteiger partial charge on any atom is 0.0969 e. The van der Waals surface area contributed by atoms with E-state index < -0.39 is 9.83 Å². The summed E-state index contributed by atoms with van der Waals surface area (Å²) in [4.78, 5) is 0. The second-order valence-corrected chi connectivity index (χ2v) is 4.07. The van der Waals surface area contributed by atoms with Crippen LogP contribution in [-0.4, -0.2) is 16.5 Å². The molecule has 1 saturated heterocycles. The van der Waals surface area contributed by atoms with Crippen molar-refractivity contribution >= 4 is 20.8 Å². The van der Waals surface area contributed by atoms with Gasteiger partial charge in [-0.15, -0.1) is 0 Å². The van der Waals surface area contributed by atoms with Crippen LogP contribution in [0, 0.1) is 0 Å². The molecule has 1 aliphatic heterocycles. The molecule has 0 aromatic heterocycles. The first-order valence-corrected chi connectivity index (χ1v) is 4.33. The predicted octanol–water partition coefficient (Wildman–Crippen LogP) is -0.0985. The Morgan fingerprint density at radius 2 is 2.67 bits per heavy atom. The van der Waals surface area contributed by atoms with Crippen molar-refractivity contribution in [2.75, 3.05) is 12.3 Å². The van der Waals surface area contributed by atoms with E-state index in [0.717, 1.165) is 12.3 Å². The van der Waals surface area contributed by atoms with E-state index in [1.165, 1.54) is 11.0 Å². The van der Waals surface area contributed by atoms with Crippen LogP contribution >= 0.6 is 11.0 Å². The van der Waals surface area contributed by atoms with Crippen LogP contribution in [0.3, 0.4) is 0 Å². The van der Waals surface area contributed by atoms with E-state index in [0.29, 0.717) is 0 Å². The topological polar surface area (TPSA) is 29.1 Å². The van der Waals surface area contributed by atoms with E-state index in [4.69, 9.17) is 0 Å². The summed E-state index contributed by atoms with van der Waals surface area (Å²) in [5.74, 6) is 0.810. The summed E-state index contributed by atoms with van der Waals surface area (Å²) < 4.78 is 13.1. The minimum absolute atomic E-state index is 0.617. The van der Waals surface area contributed by atoms with Gasteiger partial charge in [-0.3, -0.25) is 4.72 Å². The first-order chi connectivity index (χ1) is 2.89. The minimum atomic E-state index is -0.617. The smallest absolute Gasteiger partial charge is 0.0969 e. The molecule has 0 aliphatic carbocycles. The second-order valence-electron chi connectivity index (χ2n) is 0.986. The van der Waals surface area contributed by atoms with Gasteiger partial charge < -0.3 is 0 Å². The first kappa shape index (κ1) is 4.61. The van der Waals surface area contributed by atoms with E-state index in [9.17, 15) is 4.21 Å². The van der Waals surface area contributed by atoms with Gasteiger partial charge in [-0.05, 0) is 0 Å². The van der Waals surface area contributed by atoms with Crippen LogP contribution in [0.2, 0.25) is 0 Å². The second kappa shape index (κ2) is 1.95. The molecule has 1 N–H and O–H groups in total. The fourth-order valence-corrected chi connectivity index (χ4v) is 2.22. The van der Waals surface area contributed by atoms with Gasteiger partial charge in [0.25, 0.3) is 0 Å². The molecule has 0 aromatic rings. The van der Waals surface area contributed by atoms with Gasteiger partial charge in [-0.25, -0.2) is 4.21 Å². The van der Waals surface area contributed by atoms with Crippen LogP contribution in [0.5, 0.6) is 0 Å². The van der Waals surface area contributed by atoms with Crippen LogP contribution in [0.1, 0.15) is 0 Å². The van der Waals surface area contributed by atoms with Gasteiger partial charge in [-0.2, -0.15) is 0 Å². The Labute approximate surface area is 42.7 Å². The van der Waals surface area contributed by atoms with Gasteiger partial charge in [0.15, 0.2) is 0 Å². The van der Waals surface area contributed by atoms with E-state index in [-0.39, 0.29) is 0 Å². The van der Waals surface area contributed by atoms with Crippen LogP contribution in [0.4, 0.5) is 0 Å². The van der Waals surface area contributed by atoms with Crippen molar-refractivity contribution in [3.8, 4) is 0 Å². The summed E-state index contributed by atoms with van der Waals surface area (Å²) in [5, 5.41) is 0. The highest BCUT2D eigenvalue weighted by Crippen LogP contribution is 2.06. The van der Waals surface area contributed by atoms with E-state index in [1.54, 1.807) is 0 Å². The van der Waals surface area contributed by atoms with Gasteiger partial charge in [0.1, 0.15) is 0 Å². The third kappa shape index (κ3) is 0.959. The maximum atomic E-state index is 10.3. The Morgan fingerprint density at radius 3 is 2.83 bits per heavy atom. The molecule has 1 fully saturated rings. The summed E-state index contributed by atoms with van der Waals surface area (Å²) in [6.07, 6.45) is 0. The van der Waals surface area contributed by atoms with Gasteiger partial charge in [0.2, 0.25) is 0 Å². The summed E-state index contributed by atoms with van der Waals surface area (Å²) in [7, 11) is 0.702. The molecule has 2 nitrogen and oxygen atoms in total. The lowest BCUT2D eigenvalue weighted by Gasteiger charge is -1.74. The number of hydrogen-bond donors (Lipinski definition) is 1. The molecular formula is C2H5NOS2. The van der Waals surface area contributed by atoms with Crippen molar-refractivity contribution in [3.05, 3.63) is 0 Å². The van der Waals surface area contributed by atoms with Gasteiger partial charge in [0, 0.05) is 23.3 Å². The quantitative estimate of drug-likeness (QED) is 0.360. The molecule has 36 valence electrons. The normalized spacial score (nSPS) is 34.3. The Morgan fingerprint density at radius 1 is 1.83 bits per heavy atom. The van der Waals surface area contributed by atoms with E-state index in [1.807, 2.05) is 0 Å². The molecule has 1 atom stereocenters. The molecular weight excluding hydrogens is 118 g/mol. The number of nitrogens with one attached hydrogen (secondary N) is 1. The third-order valence-corrected chi connectivity index (χ3v) is 2.98. The number of hydrogen-bond acceptors (Lipinski definition) is 3. The Balaban J connectivity index is 2.37. The van der Waals surface area contributed by atoms with Crippen molar-refractivity contribution in [3.63, 3.8) is 0 Å². The largest absolute Gasteiger partial charge is 0.252 e. The Bertz CT molecular complexity index is 65.9. The minimum Gasteiger partial charge on any atom is -0.252 e. The van der Waals surface area contributed by atoms with Crippen molar-refractivity contribution < 1.29 is 4.21 Å². The highest BCUT2D eigenvalue weighted by Gasteiger charge is 2.05. The van der Waals surface area contributed by atoms with Crippen molar-refractivity contribution in [2.45, 2.75) is 0 Å². The third-order valence-electron chi connectivity index (χ3n) is 0.523. The van der Waals surface area contributed by atoms with Crippen LogP contribution in [0.15, 0.2) is 0 Å². The Hall–Kier alpha value is 0.460. The van der Waals surface area contributed by atoms with Crippen molar-refractivity contribution in [1.29, 1.82) is 0 Å². The molecule has 0 bridgehead atoms. The van der Waals surface area contributed by atoms with Gasteiger partial charge in [0.05, 0.1) is 9.83 Å². The summed E-state index contributed by atoms with van der Waals surface area (Å²) >= 11 is 0. The Kier molecular flexibility index (Phi) is 1.50. The molecule has 1 rings (SSSR count). The van der Waals surface area contributed by atoms with Crippen LogP contribution in [0.25, 0.3) is 0 Å². The zero-order chi connectivity index (χ0) is 4.41. The average Bonchev–Trinajstić information content (AvgIpc) is 1.86. The molecule has 1 unspecified atom stereocenters. The lowest BCUT2D eigenvalue weighted by molar-refractivity contribution is 0.692. The fraction of sp³-hybridized carbons (Fsp3) is 1.00. The highest BCUT2D eigenvalue weighted by molar-refractivity contribution is 8.68. The maximum absolute atomic E-state index is 10.3. The molecule has 1 aliphatic rings. The van der Waals surface area contributed by atoms with Crippen molar-refractivity contribution in [2.24, 2.45) is 0 Å².